The van der Waals surface area contributed by atoms with Crippen LogP contribution in [0.15, 0.2) is 42.6 Å². The van der Waals surface area contributed by atoms with Gasteiger partial charge in [0.25, 0.3) is 0 Å². The van der Waals surface area contributed by atoms with E-state index >= 15 is 0 Å². The molecule has 118 valence electrons. The number of nitrogens with zero attached hydrogens (tertiary/aromatic N) is 2. The van der Waals surface area contributed by atoms with Gasteiger partial charge in [-0.15, -0.1) is 0 Å². The zero-order chi connectivity index (χ0) is 15.8. The third-order valence-corrected chi connectivity index (χ3v) is 5.35. The van der Waals surface area contributed by atoms with Gasteiger partial charge in [0.15, 0.2) is 0 Å². The number of hydrogen-bond acceptors (Lipinski definition) is 2. The first-order chi connectivity index (χ1) is 11.2. The average Bonchev–Trinajstić information content (AvgIpc) is 3.23. The lowest BCUT2D eigenvalue weighted by molar-refractivity contribution is 0.242. The standard InChI is InChI=1S/C19H20ClN3/c1-13-14-6-2-3-7-15(14)22-17(19(13)20)12-23-11-5-9-18(23)16-8-4-10-21-16/h2-4,6-8,10,18,21H,5,9,11-12H2,1H3. The van der Waals surface area contributed by atoms with Crippen molar-refractivity contribution in [1.82, 2.24) is 14.9 Å². The van der Waals surface area contributed by atoms with Crippen LogP contribution in [0.3, 0.4) is 0 Å². The minimum absolute atomic E-state index is 0.439. The minimum Gasteiger partial charge on any atom is -0.364 e. The van der Waals surface area contributed by atoms with Gasteiger partial charge in [0, 0.05) is 23.8 Å². The van der Waals surface area contributed by atoms with E-state index < -0.39 is 0 Å². The van der Waals surface area contributed by atoms with Crippen molar-refractivity contribution in [3.63, 3.8) is 0 Å². The summed E-state index contributed by atoms with van der Waals surface area (Å²) in [4.78, 5) is 10.7. The van der Waals surface area contributed by atoms with E-state index in [0.29, 0.717) is 6.04 Å². The Labute approximate surface area is 141 Å². The van der Waals surface area contributed by atoms with Crippen LogP contribution in [0.1, 0.15) is 35.8 Å². The van der Waals surface area contributed by atoms with Crippen LogP contribution in [0.4, 0.5) is 0 Å². The van der Waals surface area contributed by atoms with E-state index in [2.05, 4.69) is 41.1 Å². The third kappa shape index (κ3) is 2.64. The molecule has 23 heavy (non-hydrogen) atoms. The molecule has 0 radical (unpaired) electrons. The molecule has 1 aliphatic rings. The predicted octanol–water partition coefficient (Wildman–Crippen LogP) is 4.86. The van der Waals surface area contributed by atoms with Crippen LogP contribution in [-0.2, 0) is 6.54 Å². The molecule has 3 nitrogen and oxygen atoms in total. The molecule has 0 spiro atoms. The molecular weight excluding hydrogens is 306 g/mol. The number of pyridine rings is 1. The van der Waals surface area contributed by atoms with E-state index in [-0.39, 0.29) is 0 Å². The molecule has 1 atom stereocenters. The van der Waals surface area contributed by atoms with Crippen molar-refractivity contribution in [3.05, 3.63) is 64.6 Å². The highest BCUT2D eigenvalue weighted by Gasteiger charge is 2.27. The number of rotatable bonds is 3. The van der Waals surface area contributed by atoms with E-state index in [4.69, 9.17) is 16.6 Å². The maximum atomic E-state index is 6.63. The normalized spacial score (nSPS) is 18.8. The number of aryl methyl sites for hydroxylation is 1. The summed E-state index contributed by atoms with van der Waals surface area (Å²) in [7, 11) is 0. The van der Waals surface area contributed by atoms with Crippen LogP contribution in [0.5, 0.6) is 0 Å². The quantitative estimate of drug-likeness (QED) is 0.745. The topological polar surface area (TPSA) is 31.9 Å². The van der Waals surface area contributed by atoms with Gasteiger partial charge in [-0.1, -0.05) is 29.8 Å². The lowest BCUT2D eigenvalue weighted by atomic mass is 10.1. The number of halogens is 1. The first kappa shape index (κ1) is 14.7. The highest BCUT2D eigenvalue weighted by molar-refractivity contribution is 6.32. The summed E-state index contributed by atoms with van der Waals surface area (Å²) in [5, 5.41) is 1.95. The minimum atomic E-state index is 0.439. The number of H-pyrrole nitrogens is 1. The lowest BCUT2D eigenvalue weighted by Crippen LogP contribution is -2.24. The SMILES string of the molecule is Cc1c(Cl)c(CN2CCCC2c2ccc[nH]2)nc2ccccc12. The molecule has 3 aromatic rings. The van der Waals surface area contributed by atoms with E-state index in [1.54, 1.807) is 0 Å². The first-order valence-corrected chi connectivity index (χ1v) is 8.53. The van der Waals surface area contributed by atoms with Gasteiger partial charge in [0.05, 0.1) is 22.3 Å². The van der Waals surface area contributed by atoms with Crippen molar-refractivity contribution in [2.45, 2.75) is 32.4 Å². The third-order valence-electron chi connectivity index (χ3n) is 4.84. The molecular formula is C19H20ClN3. The molecule has 4 heteroatoms. The second-order valence-corrected chi connectivity index (χ2v) is 6.65. The van der Waals surface area contributed by atoms with Crippen LogP contribution >= 0.6 is 11.6 Å². The zero-order valence-corrected chi connectivity index (χ0v) is 14.0. The van der Waals surface area contributed by atoms with Crippen molar-refractivity contribution in [3.8, 4) is 0 Å². The number of hydrogen-bond donors (Lipinski definition) is 1. The van der Waals surface area contributed by atoms with Gasteiger partial charge in [-0.2, -0.15) is 0 Å². The Hall–Kier alpha value is -1.84. The Kier molecular flexibility index (Phi) is 3.83. The molecule has 1 aliphatic heterocycles. The maximum Gasteiger partial charge on any atom is 0.0740 e. The fourth-order valence-corrected chi connectivity index (χ4v) is 3.84. The van der Waals surface area contributed by atoms with E-state index in [1.165, 1.54) is 18.5 Å². The van der Waals surface area contributed by atoms with Gasteiger partial charge in [-0.05, 0) is 50.1 Å². The zero-order valence-electron chi connectivity index (χ0n) is 13.2. The summed E-state index contributed by atoms with van der Waals surface area (Å²) >= 11 is 6.63. The van der Waals surface area contributed by atoms with Crippen LogP contribution in [-0.4, -0.2) is 21.4 Å². The van der Waals surface area contributed by atoms with Crippen LogP contribution in [0, 0.1) is 6.92 Å². The number of aromatic nitrogens is 2. The molecule has 1 unspecified atom stereocenters. The Morgan fingerprint density at radius 2 is 2.13 bits per heavy atom. The van der Waals surface area contributed by atoms with Crippen molar-refractivity contribution >= 4 is 22.5 Å². The first-order valence-electron chi connectivity index (χ1n) is 8.15. The molecule has 1 aromatic carbocycles. The summed E-state index contributed by atoms with van der Waals surface area (Å²) < 4.78 is 0. The fourth-order valence-electron chi connectivity index (χ4n) is 3.63. The number of benzene rings is 1. The summed E-state index contributed by atoms with van der Waals surface area (Å²) in [6.07, 6.45) is 4.40. The molecule has 4 rings (SSSR count). The van der Waals surface area contributed by atoms with Crippen molar-refractivity contribution in [1.29, 1.82) is 0 Å². The Morgan fingerprint density at radius 1 is 1.26 bits per heavy atom. The highest BCUT2D eigenvalue weighted by atomic mass is 35.5. The average molecular weight is 326 g/mol. The van der Waals surface area contributed by atoms with Crippen molar-refractivity contribution in [2.75, 3.05) is 6.54 Å². The summed E-state index contributed by atoms with van der Waals surface area (Å²) in [6.45, 7) is 3.98. The number of fused-ring (bicyclic) bond motifs is 1. The lowest BCUT2D eigenvalue weighted by Gasteiger charge is -2.24. The fraction of sp³-hybridized carbons (Fsp3) is 0.316. The van der Waals surface area contributed by atoms with E-state index in [0.717, 1.165) is 40.3 Å². The van der Waals surface area contributed by atoms with Crippen molar-refractivity contribution < 1.29 is 0 Å². The monoisotopic (exact) mass is 325 g/mol. The smallest absolute Gasteiger partial charge is 0.0740 e. The summed E-state index contributed by atoms with van der Waals surface area (Å²) in [6, 6.07) is 12.9. The molecule has 1 N–H and O–H groups in total. The summed E-state index contributed by atoms with van der Waals surface area (Å²) in [5.74, 6) is 0. The van der Waals surface area contributed by atoms with Gasteiger partial charge < -0.3 is 4.98 Å². The molecule has 0 bridgehead atoms. The van der Waals surface area contributed by atoms with Gasteiger partial charge >= 0.3 is 0 Å². The highest BCUT2D eigenvalue weighted by Crippen LogP contribution is 2.34. The molecule has 1 fully saturated rings. The largest absolute Gasteiger partial charge is 0.364 e. The Balaban J connectivity index is 1.68. The summed E-state index contributed by atoms with van der Waals surface area (Å²) in [5.41, 5.74) is 4.43. The molecule has 2 aromatic heterocycles. The van der Waals surface area contributed by atoms with Crippen LogP contribution in [0.25, 0.3) is 10.9 Å². The molecule has 0 saturated carbocycles. The molecule has 0 aliphatic carbocycles. The van der Waals surface area contributed by atoms with Gasteiger partial charge in [0.2, 0.25) is 0 Å². The van der Waals surface area contributed by atoms with Crippen molar-refractivity contribution in [2.24, 2.45) is 0 Å². The second-order valence-electron chi connectivity index (χ2n) is 6.27. The number of aromatic amines is 1. The molecule has 1 saturated heterocycles. The number of nitrogens with one attached hydrogen (secondary N) is 1. The van der Waals surface area contributed by atoms with Crippen LogP contribution < -0.4 is 0 Å². The van der Waals surface area contributed by atoms with E-state index in [1.807, 2.05) is 18.3 Å². The van der Waals surface area contributed by atoms with Gasteiger partial charge in [0.1, 0.15) is 0 Å². The Bertz CT molecular complexity index is 826. The second kappa shape index (κ2) is 5.99. The van der Waals surface area contributed by atoms with Gasteiger partial charge in [-0.25, -0.2) is 4.98 Å². The predicted molar refractivity (Wildman–Crippen MR) is 94.7 cm³/mol. The molecule has 3 heterocycles. The molecule has 0 amide bonds. The number of para-hydroxylation sites is 1. The number of likely N-dealkylation sites (tertiary alicyclic amines) is 1. The van der Waals surface area contributed by atoms with E-state index in [9.17, 15) is 0 Å². The Morgan fingerprint density at radius 3 is 2.96 bits per heavy atom. The maximum absolute atomic E-state index is 6.63. The van der Waals surface area contributed by atoms with Gasteiger partial charge in [-0.3, -0.25) is 4.90 Å². The van der Waals surface area contributed by atoms with Crippen LogP contribution in [0.2, 0.25) is 5.02 Å².